The van der Waals surface area contributed by atoms with Crippen LogP contribution in [0.3, 0.4) is 0 Å². The van der Waals surface area contributed by atoms with E-state index in [4.69, 9.17) is 9.47 Å². The van der Waals surface area contributed by atoms with Crippen LogP contribution in [-0.4, -0.2) is 44.3 Å². The highest BCUT2D eigenvalue weighted by molar-refractivity contribution is 5.33. The third-order valence-electron chi connectivity index (χ3n) is 4.23. The number of para-hydroxylation sites is 1. The molecule has 25 heavy (non-hydrogen) atoms. The van der Waals surface area contributed by atoms with E-state index in [2.05, 4.69) is 34.5 Å². The first-order valence-corrected chi connectivity index (χ1v) is 8.67. The maximum Gasteiger partial charge on any atom is 0.124 e. The number of nitrogens with one attached hydrogen (secondary N) is 1. The van der Waals surface area contributed by atoms with E-state index in [0.29, 0.717) is 6.61 Å². The van der Waals surface area contributed by atoms with Crippen molar-refractivity contribution in [3.05, 3.63) is 65.7 Å². The molecule has 1 fully saturated rings. The van der Waals surface area contributed by atoms with Gasteiger partial charge in [0.25, 0.3) is 0 Å². The number of hydrogen-bond donors (Lipinski definition) is 1. The molecule has 1 N–H and O–H groups in total. The molecule has 0 radical (unpaired) electrons. The number of morpholine rings is 1. The summed E-state index contributed by atoms with van der Waals surface area (Å²) in [6.07, 6.45) is 0. The number of halogens is 1. The number of rotatable bonds is 8. The maximum atomic E-state index is 6.00. The standard InChI is InChI=1S/C20H26N2O2.ClH/c1-2-6-18(7-3-1)17-24-20-9-5-4-8-19(20)16-21-10-11-22-12-14-23-15-13-22;/h1-9,21H,10-17H2;1H/p-1. The zero-order valence-electron chi connectivity index (χ0n) is 14.5. The Labute approximate surface area is 156 Å². The molecule has 1 aliphatic heterocycles. The normalized spacial score (nSPS) is 14.7. The molecule has 0 unspecified atom stereocenters. The first kappa shape index (κ1) is 19.7. The minimum absolute atomic E-state index is 0. The monoisotopic (exact) mass is 361 g/mol. The molecule has 1 aliphatic rings. The van der Waals surface area contributed by atoms with E-state index in [0.717, 1.165) is 51.7 Å². The van der Waals surface area contributed by atoms with Gasteiger partial charge in [-0.05, 0) is 11.6 Å². The lowest BCUT2D eigenvalue weighted by Crippen LogP contribution is -3.00. The third-order valence-corrected chi connectivity index (χ3v) is 4.23. The van der Waals surface area contributed by atoms with Gasteiger partial charge in [-0.1, -0.05) is 48.5 Å². The Kier molecular flexibility index (Phi) is 8.77. The SMILES string of the molecule is [Cl-].c1ccc(COc2ccccc2CNCCN2CCOCC2)cc1. The van der Waals surface area contributed by atoms with Crippen molar-refractivity contribution in [2.24, 2.45) is 0 Å². The van der Waals surface area contributed by atoms with Crippen LogP contribution in [0.4, 0.5) is 0 Å². The van der Waals surface area contributed by atoms with Gasteiger partial charge in [-0.2, -0.15) is 0 Å². The average Bonchev–Trinajstić information content (AvgIpc) is 2.66. The second-order valence-corrected chi connectivity index (χ2v) is 6.01. The van der Waals surface area contributed by atoms with Crippen LogP contribution in [0.15, 0.2) is 54.6 Å². The fourth-order valence-electron chi connectivity index (χ4n) is 2.81. The van der Waals surface area contributed by atoms with Gasteiger partial charge in [-0.25, -0.2) is 0 Å². The molecule has 0 saturated carbocycles. The predicted molar refractivity (Wildman–Crippen MR) is 96.2 cm³/mol. The van der Waals surface area contributed by atoms with Gasteiger partial charge in [0.1, 0.15) is 12.4 Å². The highest BCUT2D eigenvalue weighted by Crippen LogP contribution is 2.19. The zero-order chi connectivity index (χ0) is 16.5. The van der Waals surface area contributed by atoms with Crippen molar-refractivity contribution >= 4 is 0 Å². The molecule has 2 aromatic rings. The van der Waals surface area contributed by atoms with Gasteiger partial charge in [0, 0.05) is 38.3 Å². The van der Waals surface area contributed by atoms with Crippen molar-refractivity contribution in [2.45, 2.75) is 13.2 Å². The molecule has 0 spiro atoms. The molecule has 2 aromatic carbocycles. The smallest absolute Gasteiger partial charge is 0.124 e. The fourth-order valence-corrected chi connectivity index (χ4v) is 2.81. The molecular formula is C20H26ClN2O2-. The Morgan fingerprint density at radius 1 is 0.960 bits per heavy atom. The Balaban J connectivity index is 0.00000225. The summed E-state index contributed by atoms with van der Waals surface area (Å²) in [7, 11) is 0. The summed E-state index contributed by atoms with van der Waals surface area (Å²) < 4.78 is 11.4. The summed E-state index contributed by atoms with van der Waals surface area (Å²) in [6.45, 7) is 7.27. The van der Waals surface area contributed by atoms with Gasteiger partial charge < -0.3 is 27.2 Å². The lowest BCUT2D eigenvalue weighted by molar-refractivity contribution is -0.00000683. The van der Waals surface area contributed by atoms with E-state index in [1.807, 2.05) is 30.3 Å². The van der Waals surface area contributed by atoms with Crippen molar-refractivity contribution < 1.29 is 21.9 Å². The Bertz CT molecular complexity index is 604. The van der Waals surface area contributed by atoms with Crippen LogP contribution in [-0.2, 0) is 17.9 Å². The van der Waals surface area contributed by atoms with Gasteiger partial charge in [0.15, 0.2) is 0 Å². The minimum Gasteiger partial charge on any atom is -1.00 e. The predicted octanol–water partition coefficient (Wildman–Crippen LogP) is -0.309. The molecule has 5 heteroatoms. The Morgan fingerprint density at radius 3 is 2.48 bits per heavy atom. The third kappa shape index (κ3) is 6.67. The molecule has 0 atom stereocenters. The summed E-state index contributed by atoms with van der Waals surface area (Å²) >= 11 is 0. The molecule has 4 nitrogen and oxygen atoms in total. The molecule has 0 aromatic heterocycles. The summed E-state index contributed by atoms with van der Waals surface area (Å²) in [5, 5.41) is 3.53. The van der Waals surface area contributed by atoms with E-state index in [1.54, 1.807) is 0 Å². The van der Waals surface area contributed by atoms with Crippen molar-refractivity contribution in [3.63, 3.8) is 0 Å². The maximum absolute atomic E-state index is 6.00. The van der Waals surface area contributed by atoms with Crippen LogP contribution in [0.25, 0.3) is 0 Å². The lowest BCUT2D eigenvalue weighted by Gasteiger charge is -2.26. The van der Waals surface area contributed by atoms with E-state index in [9.17, 15) is 0 Å². The molecule has 3 rings (SSSR count). The second-order valence-electron chi connectivity index (χ2n) is 6.01. The Morgan fingerprint density at radius 2 is 1.68 bits per heavy atom. The summed E-state index contributed by atoms with van der Waals surface area (Å²) in [6, 6.07) is 18.5. The highest BCUT2D eigenvalue weighted by atomic mass is 35.5. The molecule has 1 heterocycles. The number of hydrogen-bond acceptors (Lipinski definition) is 4. The molecule has 0 aliphatic carbocycles. The van der Waals surface area contributed by atoms with Crippen LogP contribution in [0.2, 0.25) is 0 Å². The van der Waals surface area contributed by atoms with Crippen LogP contribution in [0.5, 0.6) is 5.75 Å². The summed E-state index contributed by atoms with van der Waals surface area (Å²) in [5.41, 5.74) is 2.39. The van der Waals surface area contributed by atoms with Crippen molar-refractivity contribution in [1.29, 1.82) is 0 Å². The molecule has 1 saturated heterocycles. The number of benzene rings is 2. The average molecular weight is 362 g/mol. The number of ether oxygens (including phenoxy) is 2. The highest BCUT2D eigenvalue weighted by Gasteiger charge is 2.09. The summed E-state index contributed by atoms with van der Waals surface area (Å²) in [4.78, 5) is 2.44. The van der Waals surface area contributed by atoms with Crippen molar-refractivity contribution in [2.75, 3.05) is 39.4 Å². The molecule has 0 amide bonds. The van der Waals surface area contributed by atoms with Gasteiger partial charge >= 0.3 is 0 Å². The van der Waals surface area contributed by atoms with Gasteiger partial charge in [-0.15, -0.1) is 0 Å². The molecule has 0 bridgehead atoms. The zero-order valence-corrected chi connectivity index (χ0v) is 15.3. The largest absolute Gasteiger partial charge is 1.00 e. The molecular weight excluding hydrogens is 336 g/mol. The van der Waals surface area contributed by atoms with Crippen LogP contribution in [0.1, 0.15) is 11.1 Å². The van der Waals surface area contributed by atoms with E-state index in [1.165, 1.54) is 11.1 Å². The van der Waals surface area contributed by atoms with Gasteiger partial charge in [-0.3, -0.25) is 4.90 Å². The first-order chi connectivity index (χ1) is 11.9. The topological polar surface area (TPSA) is 33.7 Å². The summed E-state index contributed by atoms with van der Waals surface area (Å²) in [5.74, 6) is 0.959. The van der Waals surface area contributed by atoms with Gasteiger partial charge in [0.2, 0.25) is 0 Å². The van der Waals surface area contributed by atoms with Crippen molar-refractivity contribution in [1.82, 2.24) is 10.2 Å². The van der Waals surface area contributed by atoms with Gasteiger partial charge in [0.05, 0.1) is 13.2 Å². The number of nitrogens with zero attached hydrogens (tertiary/aromatic N) is 1. The van der Waals surface area contributed by atoms with Crippen LogP contribution < -0.4 is 22.5 Å². The minimum atomic E-state index is 0. The molecule has 136 valence electrons. The van der Waals surface area contributed by atoms with Crippen LogP contribution >= 0.6 is 0 Å². The van der Waals surface area contributed by atoms with E-state index < -0.39 is 0 Å². The van der Waals surface area contributed by atoms with E-state index >= 15 is 0 Å². The lowest BCUT2D eigenvalue weighted by atomic mass is 10.2. The quantitative estimate of drug-likeness (QED) is 0.654. The Hall–Kier alpha value is -1.59. The first-order valence-electron chi connectivity index (χ1n) is 8.67. The van der Waals surface area contributed by atoms with Crippen molar-refractivity contribution in [3.8, 4) is 5.75 Å². The van der Waals surface area contributed by atoms with E-state index in [-0.39, 0.29) is 12.4 Å². The second kappa shape index (κ2) is 11.1. The fraction of sp³-hybridized carbons (Fsp3) is 0.400. The van der Waals surface area contributed by atoms with Crippen LogP contribution in [0, 0.1) is 0 Å².